The summed E-state index contributed by atoms with van der Waals surface area (Å²) < 4.78 is 35.5. The lowest BCUT2D eigenvalue weighted by Gasteiger charge is -1.89. The summed E-state index contributed by atoms with van der Waals surface area (Å²) in [5.41, 5.74) is 0.790. The summed E-state index contributed by atoms with van der Waals surface area (Å²) in [7, 11) is 0. The first-order valence-corrected chi connectivity index (χ1v) is 3.86. The lowest BCUT2D eigenvalue weighted by atomic mass is 10.1. The second-order valence-electron chi connectivity index (χ2n) is 2.51. The molecule has 15 heavy (non-hydrogen) atoms. The maximum atomic E-state index is 12.3. The van der Waals surface area contributed by atoms with Gasteiger partial charge in [-0.3, -0.25) is 0 Å². The van der Waals surface area contributed by atoms with Crippen LogP contribution in [0.5, 0.6) is 0 Å². The van der Waals surface area contributed by atoms with Crippen LogP contribution in [0.25, 0.3) is 0 Å². The topological polar surface area (TPSA) is 23.8 Å². The average molecular weight is 207 g/mol. The zero-order chi connectivity index (χ0) is 11.3. The average Bonchev–Trinajstić information content (AvgIpc) is 2.26. The van der Waals surface area contributed by atoms with Crippen LogP contribution in [0, 0.1) is 23.2 Å². The van der Waals surface area contributed by atoms with Gasteiger partial charge in [-0.25, -0.2) is 0 Å². The van der Waals surface area contributed by atoms with Crippen molar-refractivity contribution in [1.82, 2.24) is 0 Å². The van der Waals surface area contributed by atoms with Gasteiger partial charge >= 0.3 is 6.08 Å². The van der Waals surface area contributed by atoms with Crippen molar-refractivity contribution in [2.45, 2.75) is 0 Å². The molecule has 0 saturated heterocycles. The van der Waals surface area contributed by atoms with E-state index in [9.17, 15) is 13.2 Å². The Balaban J connectivity index is 2.92. The molecule has 0 N–H and O–H groups in total. The molecule has 1 nitrogen and oxygen atoms in total. The molecule has 0 bridgehead atoms. The maximum Gasteiger partial charge on any atom is 0.314 e. The summed E-state index contributed by atoms with van der Waals surface area (Å²) >= 11 is 0. The fraction of sp³-hybridized carbons (Fsp3) is 0. The number of nitriles is 1. The van der Waals surface area contributed by atoms with E-state index in [4.69, 9.17) is 5.26 Å². The Kier molecular flexibility index (Phi) is 3.54. The van der Waals surface area contributed by atoms with Gasteiger partial charge < -0.3 is 0 Å². The van der Waals surface area contributed by atoms with Crippen molar-refractivity contribution in [2.24, 2.45) is 0 Å². The fourth-order valence-electron chi connectivity index (χ4n) is 0.802. The number of halogens is 3. The van der Waals surface area contributed by atoms with E-state index in [1.807, 2.05) is 6.07 Å². The number of hydrogen-bond acceptors (Lipinski definition) is 1. The van der Waals surface area contributed by atoms with E-state index in [-0.39, 0.29) is 0 Å². The smallest absolute Gasteiger partial charge is 0.192 e. The number of benzene rings is 1. The van der Waals surface area contributed by atoms with Crippen LogP contribution in [-0.4, -0.2) is 0 Å². The molecule has 0 spiro atoms. The number of allylic oxidation sites excluding steroid dienone is 1. The van der Waals surface area contributed by atoms with Gasteiger partial charge in [0.05, 0.1) is 11.6 Å². The Labute approximate surface area is 84.5 Å². The quantitative estimate of drug-likeness (QED) is 0.600. The molecule has 0 aliphatic carbocycles. The first-order valence-electron chi connectivity index (χ1n) is 3.86. The van der Waals surface area contributed by atoms with E-state index in [0.29, 0.717) is 11.1 Å². The van der Waals surface area contributed by atoms with Crippen LogP contribution in [0.15, 0.2) is 36.2 Å². The van der Waals surface area contributed by atoms with E-state index in [2.05, 4.69) is 5.92 Å². The maximum absolute atomic E-state index is 12.3. The predicted octanol–water partition coefficient (Wildman–Crippen LogP) is 2.99. The molecular formula is C11H4F3N. The second kappa shape index (κ2) is 4.88. The number of rotatable bonds is 0. The summed E-state index contributed by atoms with van der Waals surface area (Å²) in [6.07, 6.45) is -2.43. The standard InChI is InChI=1S/C11H4F3N/c12-10(11(13)14)6-5-8-1-3-9(7-15)4-2-8/h1-4H. The molecule has 1 aromatic rings. The van der Waals surface area contributed by atoms with E-state index < -0.39 is 11.9 Å². The van der Waals surface area contributed by atoms with Crippen molar-refractivity contribution >= 4 is 0 Å². The molecule has 0 atom stereocenters. The monoisotopic (exact) mass is 207 g/mol. The van der Waals surface area contributed by atoms with Crippen LogP contribution in [0.2, 0.25) is 0 Å². The van der Waals surface area contributed by atoms with Crippen molar-refractivity contribution in [3.63, 3.8) is 0 Å². The second-order valence-corrected chi connectivity index (χ2v) is 2.51. The highest BCUT2D eigenvalue weighted by Gasteiger charge is 1.98. The van der Waals surface area contributed by atoms with Gasteiger partial charge in [0.1, 0.15) is 0 Å². The summed E-state index contributed by atoms with van der Waals surface area (Å²) in [5, 5.41) is 8.47. The Hall–Kier alpha value is -2.20. The third kappa shape index (κ3) is 3.21. The van der Waals surface area contributed by atoms with Crippen molar-refractivity contribution in [3.8, 4) is 17.9 Å². The number of hydrogen-bond donors (Lipinski definition) is 0. The number of nitrogens with zero attached hydrogens (tertiary/aromatic N) is 1. The van der Waals surface area contributed by atoms with Crippen LogP contribution in [0.1, 0.15) is 11.1 Å². The van der Waals surface area contributed by atoms with Gasteiger partial charge in [-0.15, -0.1) is 0 Å². The Bertz CT molecular complexity index is 479. The fourth-order valence-corrected chi connectivity index (χ4v) is 0.802. The van der Waals surface area contributed by atoms with Crippen LogP contribution in [0.4, 0.5) is 13.2 Å². The lowest BCUT2D eigenvalue weighted by molar-refractivity contribution is 0.389. The normalized spacial score (nSPS) is 8.40. The molecule has 0 aromatic heterocycles. The van der Waals surface area contributed by atoms with Crippen LogP contribution in [-0.2, 0) is 0 Å². The SMILES string of the molecule is N#Cc1ccc(C#CC(F)=C(F)F)cc1. The third-order valence-electron chi connectivity index (χ3n) is 1.50. The van der Waals surface area contributed by atoms with Gasteiger partial charge in [-0.1, -0.05) is 5.92 Å². The molecule has 0 heterocycles. The minimum Gasteiger partial charge on any atom is -0.192 e. The first-order chi connectivity index (χ1) is 7.13. The van der Waals surface area contributed by atoms with Crippen LogP contribution >= 0.6 is 0 Å². The van der Waals surface area contributed by atoms with Crippen molar-refractivity contribution in [2.75, 3.05) is 0 Å². The van der Waals surface area contributed by atoms with Gasteiger partial charge in [0.15, 0.2) is 0 Å². The molecule has 0 unspecified atom stereocenters. The largest absolute Gasteiger partial charge is 0.314 e. The molecular weight excluding hydrogens is 203 g/mol. The molecule has 0 aliphatic rings. The Morgan fingerprint density at radius 1 is 1.00 bits per heavy atom. The molecule has 0 saturated carbocycles. The van der Waals surface area contributed by atoms with E-state index in [0.717, 1.165) is 0 Å². The molecule has 74 valence electrons. The molecule has 1 aromatic carbocycles. The highest BCUT2D eigenvalue weighted by molar-refractivity contribution is 5.42. The molecule has 0 amide bonds. The zero-order valence-electron chi connectivity index (χ0n) is 7.39. The first kappa shape index (κ1) is 10.9. The third-order valence-corrected chi connectivity index (χ3v) is 1.50. The highest BCUT2D eigenvalue weighted by Crippen LogP contribution is 2.08. The van der Waals surface area contributed by atoms with E-state index in [1.165, 1.54) is 24.3 Å². The van der Waals surface area contributed by atoms with Gasteiger partial charge in [-0.2, -0.15) is 18.4 Å². The van der Waals surface area contributed by atoms with Crippen molar-refractivity contribution < 1.29 is 13.2 Å². The molecule has 0 aliphatic heterocycles. The highest BCUT2D eigenvalue weighted by atomic mass is 19.3. The summed E-state index contributed by atoms with van der Waals surface area (Å²) in [6.45, 7) is 0. The summed E-state index contributed by atoms with van der Waals surface area (Å²) in [6, 6.07) is 7.73. The Morgan fingerprint density at radius 2 is 1.53 bits per heavy atom. The summed E-state index contributed by atoms with van der Waals surface area (Å²) in [4.78, 5) is 0. The van der Waals surface area contributed by atoms with Crippen LogP contribution in [0.3, 0.4) is 0 Å². The molecule has 0 fully saturated rings. The van der Waals surface area contributed by atoms with Gasteiger partial charge in [0.2, 0.25) is 5.83 Å². The predicted molar refractivity (Wildman–Crippen MR) is 48.4 cm³/mol. The summed E-state index contributed by atoms with van der Waals surface area (Å²) in [5.74, 6) is 2.13. The minimum atomic E-state index is -2.43. The molecule has 1 rings (SSSR count). The van der Waals surface area contributed by atoms with Gasteiger partial charge in [-0.05, 0) is 30.2 Å². The van der Waals surface area contributed by atoms with E-state index in [1.54, 1.807) is 5.92 Å². The van der Waals surface area contributed by atoms with Crippen molar-refractivity contribution in [1.29, 1.82) is 5.26 Å². The van der Waals surface area contributed by atoms with Crippen molar-refractivity contribution in [3.05, 3.63) is 47.3 Å². The molecule has 0 radical (unpaired) electrons. The lowest BCUT2D eigenvalue weighted by Crippen LogP contribution is -1.77. The minimum absolute atomic E-state index is 0.366. The Morgan fingerprint density at radius 3 is 2.00 bits per heavy atom. The van der Waals surface area contributed by atoms with E-state index >= 15 is 0 Å². The zero-order valence-corrected chi connectivity index (χ0v) is 7.39. The molecule has 4 heteroatoms. The van der Waals surface area contributed by atoms with Crippen LogP contribution < -0.4 is 0 Å². The van der Waals surface area contributed by atoms with Gasteiger partial charge in [0.25, 0.3) is 0 Å². The van der Waals surface area contributed by atoms with Gasteiger partial charge in [0, 0.05) is 5.56 Å².